The van der Waals surface area contributed by atoms with E-state index < -0.39 is 30.2 Å². The standard InChI is InChI=1S/C38H52O6/c1-5-8-26-40-34-33(44-37(39-4)36(42-28-10-7-3)35(34)41-27-9-6-2)29-43-38(30-20-14-11-15-21-30,31-22-16-12-17-23-31)32-24-18-13-19-25-32/h11-25,33-37H,5-10,26-29H2,1-4H3/t33-,34-,35+,36-,37+/m1/s1. The van der Waals surface area contributed by atoms with Gasteiger partial charge in [0.05, 0.1) is 6.61 Å². The van der Waals surface area contributed by atoms with Gasteiger partial charge in [0.15, 0.2) is 6.29 Å². The predicted octanol–water partition coefficient (Wildman–Crippen LogP) is 7.92. The molecule has 0 amide bonds. The normalized spacial score (nSPS) is 22.2. The first-order chi connectivity index (χ1) is 21.7. The van der Waals surface area contributed by atoms with Crippen LogP contribution in [0.4, 0.5) is 0 Å². The quantitative estimate of drug-likeness (QED) is 0.102. The molecule has 1 aliphatic heterocycles. The number of hydrogen-bond donors (Lipinski definition) is 0. The van der Waals surface area contributed by atoms with Crippen molar-refractivity contribution in [3.63, 3.8) is 0 Å². The van der Waals surface area contributed by atoms with Crippen molar-refractivity contribution < 1.29 is 28.4 Å². The molecule has 6 heteroatoms. The molecule has 1 aliphatic rings. The second-order valence-corrected chi connectivity index (χ2v) is 11.4. The molecule has 0 unspecified atom stereocenters. The Morgan fingerprint density at radius 2 is 0.977 bits per heavy atom. The van der Waals surface area contributed by atoms with Gasteiger partial charge in [-0.2, -0.15) is 0 Å². The molecule has 4 rings (SSSR count). The Hall–Kier alpha value is -2.58. The Balaban J connectivity index is 1.74. The van der Waals surface area contributed by atoms with Crippen molar-refractivity contribution in [1.29, 1.82) is 0 Å². The van der Waals surface area contributed by atoms with E-state index in [1.165, 1.54) is 0 Å². The van der Waals surface area contributed by atoms with Gasteiger partial charge >= 0.3 is 0 Å². The summed E-state index contributed by atoms with van der Waals surface area (Å²) in [5, 5.41) is 0. The zero-order chi connectivity index (χ0) is 31.0. The lowest BCUT2D eigenvalue weighted by Gasteiger charge is -2.46. The number of rotatable bonds is 19. The van der Waals surface area contributed by atoms with E-state index in [4.69, 9.17) is 28.4 Å². The first-order valence-corrected chi connectivity index (χ1v) is 16.5. The van der Waals surface area contributed by atoms with Gasteiger partial charge in [-0.05, 0) is 36.0 Å². The fraction of sp³-hybridized carbons (Fsp3) is 0.526. The molecule has 1 heterocycles. The molecule has 0 N–H and O–H groups in total. The highest BCUT2D eigenvalue weighted by atomic mass is 16.7. The molecule has 1 fully saturated rings. The average Bonchev–Trinajstić information content (AvgIpc) is 3.08. The molecule has 240 valence electrons. The summed E-state index contributed by atoms with van der Waals surface area (Å²) in [6, 6.07) is 31.2. The smallest absolute Gasteiger partial charge is 0.186 e. The van der Waals surface area contributed by atoms with Crippen LogP contribution in [0.5, 0.6) is 0 Å². The molecule has 0 spiro atoms. The molecule has 6 nitrogen and oxygen atoms in total. The number of unbranched alkanes of at least 4 members (excludes halogenated alkanes) is 3. The summed E-state index contributed by atoms with van der Waals surface area (Å²) in [4.78, 5) is 0. The van der Waals surface area contributed by atoms with Gasteiger partial charge in [-0.25, -0.2) is 0 Å². The lowest BCUT2D eigenvalue weighted by molar-refractivity contribution is -0.320. The minimum absolute atomic E-state index is 0.255. The lowest BCUT2D eigenvalue weighted by Crippen LogP contribution is -2.62. The lowest BCUT2D eigenvalue weighted by atomic mass is 9.80. The van der Waals surface area contributed by atoms with E-state index in [2.05, 4.69) is 93.6 Å². The summed E-state index contributed by atoms with van der Waals surface area (Å²) in [6.45, 7) is 8.59. The summed E-state index contributed by atoms with van der Waals surface area (Å²) < 4.78 is 39.4. The van der Waals surface area contributed by atoms with Gasteiger partial charge in [-0.15, -0.1) is 0 Å². The van der Waals surface area contributed by atoms with Gasteiger partial charge < -0.3 is 28.4 Å². The van der Waals surface area contributed by atoms with Crippen molar-refractivity contribution in [2.75, 3.05) is 33.5 Å². The third-order valence-electron chi connectivity index (χ3n) is 8.25. The maximum Gasteiger partial charge on any atom is 0.186 e. The van der Waals surface area contributed by atoms with Crippen LogP contribution in [0.1, 0.15) is 76.0 Å². The molecule has 3 aromatic rings. The monoisotopic (exact) mass is 604 g/mol. The van der Waals surface area contributed by atoms with Crippen molar-refractivity contribution in [3.05, 3.63) is 108 Å². The van der Waals surface area contributed by atoms with Crippen LogP contribution in [0, 0.1) is 0 Å². The first kappa shape index (κ1) is 34.3. The number of benzene rings is 3. The minimum atomic E-state index is -0.878. The maximum atomic E-state index is 7.21. The Morgan fingerprint density at radius 1 is 0.568 bits per heavy atom. The van der Waals surface area contributed by atoms with Crippen LogP contribution in [-0.4, -0.2) is 64.2 Å². The number of ether oxygens (including phenoxy) is 6. The third-order valence-corrected chi connectivity index (χ3v) is 8.25. The predicted molar refractivity (Wildman–Crippen MR) is 175 cm³/mol. The van der Waals surface area contributed by atoms with Crippen LogP contribution in [0.2, 0.25) is 0 Å². The van der Waals surface area contributed by atoms with Crippen molar-refractivity contribution in [2.24, 2.45) is 0 Å². The second kappa shape index (κ2) is 18.4. The number of methoxy groups -OCH3 is 1. The third kappa shape index (κ3) is 8.57. The van der Waals surface area contributed by atoms with Crippen LogP contribution in [-0.2, 0) is 34.0 Å². The summed E-state index contributed by atoms with van der Waals surface area (Å²) in [5.74, 6) is 0. The second-order valence-electron chi connectivity index (χ2n) is 11.4. The molecule has 0 bridgehead atoms. The van der Waals surface area contributed by atoms with Crippen LogP contribution in [0.15, 0.2) is 91.0 Å². The first-order valence-electron chi connectivity index (χ1n) is 16.5. The van der Waals surface area contributed by atoms with Crippen LogP contribution in [0.3, 0.4) is 0 Å². The van der Waals surface area contributed by atoms with Crippen molar-refractivity contribution in [1.82, 2.24) is 0 Å². The zero-order valence-corrected chi connectivity index (χ0v) is 27.1. The molecular formula is C38H52O6. The van der Waals surface area contributed by atoms with Gasteiger partial charge in [-0.3, -0.25) is 0 Å². The summed E-state index contributed by atoms with van der Waals surface area (Å²) in [5.41, 5.74) is 2.24. The largest absolute Gasteiger partial charge is 0.373 e. The Morgan fingerprint density at radius 3 is 1.39 bits per heavy atom. The van der Waals surface area contributed by atoms with Gasteiger partial charge in [0.25, 0.3) is 0 Å². The molecule has 0 aliphatic carbocycles. The topological polar surface area (TPSA) is 55.4 Å². The fourth-order valence-electron chi connectivity index (χ4n) is 5.84. The summed E-state index contributed by atoms with van der Waals surface area (Å²) in [7, 11) is 1.67. The molecule has 1 saturated heterocycles. The van der Waals surface area contributed by atoms with Gasteiger partial charge in [0.2, 0.25) is 0 Å². The Bertz CT molecular complexity index is 1060. The SMILES string of the molecule is CCCCO[C@@H]1[C@@H](OCCCC)[C@@H](OC)O[C@H](COC(c2ccccc2)(c2ccccc2)c2ccccc2)[C@H]1OCCCC. The van der Waals surface area contributed by atoms with Gasteiger partial charge in [0.1, 0.15) is 30.0 Å². The van der Waals surface area contributed by atoms with E-state index in [0.29, 0.717) is 19.8 Å². The fourth-order valence-corrected chi connectivity index (χ4v) is 5.84. The van der Waals surface area contributed by atoms with E-state index in [0.717, 1.165) is 55.2 Å². The average molecular weight is 605 g/mol. The Labute approximate surface area is 265 Å². The zero-order valence-electron chi connectivity index (χ0n) is 27.1. The van der Waals surface area contributed by atoms with E-state index >= 15 is 0 Å². The highest BCUT2D eigenvalue weighted by molar-refractivity contribution is 5.47. The molecule has 5 atom stereocenters. The van der Waals surface area contributed by atoms with Crippen LogP contribution in [0.25, 0.3) is 0 Å². The maximum absolute atomic E-state index is 7.21. The molecular weight excluding hydrogens is 552 g/mol. The molecule has 0 saturated carbocycles. The van der Waals surface area contributed by atoms with Crippen LogP contribution >= 0.6 is 0 Å². The highest BCUT2D eigenvalue weighted by Crippen LogP contribution is 2.41. The van der Waals surface area contributed by atoms with Crippen molar-refractivity contribution >= 4 is 0 Å². The Kier molecular flexibility index (Phi) is 14.3. The van der Waals surface area contributed by atoms with Gasteiger partial charge in [0, 0.05) is 26.9 Å². The summed E-state index contributed by atoms with van der Waals surface area (Å²) >= 11 is 0. The number of hydrogen-bond acceptors (Lipinski definition) is 6. The van der Waals surface area contributed by atoms with E-state index in [9.17, 15) is 0 Å². The van der Waals surface area contributed by atoms with Crippen molar-refractivity contribution in [3.8, 4) is 0 Å². The van der Waals surface area contributed by atoms with Crippen molar-refractivity contribution in [2.45, 2.75) is 95.6 Å². The molecule has 44 heavy (non-hydrogen) atoms. The van der Waals surface area contributed by atoms with E-state index in [1.54, 1.807) is 7.11 Å². The van der Waals surface area contributed by atoms with Crippen LogP contribution < -0.4 is 0 Å². The highest BCUT2D eigenvalue weighted by Gasteiger charge is 2.50. The van der Waals surface area contributed by atoms with Gasteiger partial charge in [-0.1, -0.05) is 131 Å². The van der Waals surface area contributed by atoms with E-state index in [1.807, 2.05) is 18.2 Å². The van der Waals surface area contributed by atoms with E-state index in [-0.39, 0.29) is 12.7 Å². The minimum Gasteiger partial charge on any atom is -0.373 e. The molecule has 0 radical (unpaired) electrons. The molecule has 0 aromatic heterocycles. The molecule has 3 aromatic carbocycles. The summed E-state index contributed by atoms with van der Waals surface area (Å²) in [6.07, 6.45) is 3.75.